The van der Waals surface area contributed by atoms with Crippen LogP contribution in [0.2, 0.25) is 0 Å². The number of nitrogens with zero attached hydrogens (tertiary/aromatic N) is 2. The summed E-state index contributed by atoms with van der Waals surface area (Å²) in [6.07, 6.45) is -0.336. The van der Waals surface area contributed by atoms with Gasteiger partial charge < -0.3 is 15.2 Å². The van der Waals surface area contributed by atoms with Crippen LogP contribution in [0.5, 0.6) is 0 Å². The molecular formula is C19H16F2N4O4S. The topological polar surface area (TPSA) is 113 Å². The van der Waals surface area contributed by atoms with E-state index in [1.54, 1.807) is 0 Å². The SMILES string of the molecule is O=C(O)NC1=N[C@@]2(c3cc(NC(=O)c4ccc(F)cn4)ccc3F)COC[C@H]2CS1. The van der Waals surface area contributed by atoms with E-state index in [1.807, 2.05) is 0 Å². The summed E-state index contributed by atoms with van der Waals surface area (Å²) in [5.41, 5.74) is -0.617. The molecule has 156 valence electrons. The number of nitrogens with one attached hydrogen (secondary N) is 2. The zero-order chi connectivity index (χ0) is 21.3. The van der Waals surface area contributed by atoms with Gasteiger partial charge in [-0.05, 0) is 30.3 Å². The summed E-state index contributed by atoms with van der Waals surface area (Å²) in [5.74, 6) is -1.37. The zero-order valence-corrected chi connectivity index (χ0v) is 16.2. The lowest BCUT2D eigenvalue weighted by molar-refractivity contribution is 0.102. The number of carbonyl (C=O) groups is 2. The van der Waals surface area contributed by atoms with Gasteiger partial charge in [-0.25, -0.2) is 23.6 Å². The number of aromatic nitrogens is 1. The van der Waals surface area contributed by atoms with Gasteiger partial charge in [-0.2, -0.15) is 0 Å². The van der Waals surface area contributed by atoms with E-state index >= 15 is 0 Å². The quantitative estimate of drug-likeness (QED) is 0.685. The molecular weight excluding hydrogens is 418 g/mol. The van der Waals surface area contributed by atoms with Crippen molar-refractivity contribution >= 4 is 34.6 Å². The number of hydrogen-bond donors (Lipinski definition) is 3. The van der Waals surface area contributed by atoms with Crippen LogP contribution in [-0.2, 0) is 10.3 Å². The number of hydrogen-bond acceptors (Lipinski definition) is 6. The largest absolute Gasteiger partial charge is 0.465 e. The number of carboxylic acid groups (broad SMARTS) is 1. The van der Waals surface area contributed by atoms with Gasteiger partial charge in [-0.3, -0.25) is 10.1 Å². The van der Waals surface area contributed by atoms with Crippen LogP contribution in [0.4, 0.5) is 19.3 Å². The number of carbonyl (C=O) groups excluding carboxylic acids is 1. The third-order valence-electron chi connectivity index (χ3n) is 4.90. The van der Waals surface area contributed by atoms with Gasteiger partial charge in [0, 0.05) is 22.9 Å². The molecule has 0 spiro atoms. The molecule has 2 atom stereocenters. The highest BCUT2D eigenvalue weighted by Gasteiger charge is 2.49. The minimum Gasteiger partial charge on any atom is -0.465 e. The van der Waals surface area contributed by atoms with E-state index in [0.29, 0.717) is 18.0 Å². The lowest BCUT2D eigenvalue weighted by Gasteiger charge is -2.35. The first-order valence-corrected chi connectivity index (χ1v) is 9.89. The van der Waals surface area contributed by atoms with E-state index in [4.69, 9.17) is 9.84 Å². The first kappa shape index (κ1) is 20.2. The van der Waals surface area contributed by atoms with E-state index in [1.165, 1.54) is 36.0 Å². The number of aliphatic imine (C=N–C) groups is 1. The second-order valence-corrected chi connectivity index (χ2v) is 7.81. The molecule has 1 saturated heterocycles. The zero-order valence-electron chi connectivity index (χ0n) is 15.4. The molecule has 11 heteroatoms. The maximum absolute atomic E-state index is 14.8. The summed E-state index contributed by atoms with van der Waals surface area (Å²) in [6.45, 7) is 0.434. The number of fused-ring (bicyclic) bond motifs is 1. The Kier molecular flexibility index (Phi) is 5.39. The molecule has 2 aromatic rings. The molecule has 2 amide bonds. The average Bonchev–Trinajstić information content (AvgIpc) is 3.13. The predicted molar refractivity (Wildman–Crippen MR) is 106 cm³/mol. The van der Waals surface area contributed by atoms with Crippen LogP contribution in [0, 0.1) is 17.6 Å². The first-order valence-electron chi connectivity index (χ1n) is 8.91. The summed E-state index contributed by atoms with van der Waals surface area (Å²) in [7, 11) is 0. The van der Waals surface area contributed by atoms with Crippen LogP contribution in [0.1, 0.15) is 16.1 Å². The normalized spacial score (nSPS) is 22.7. The second kappa shape index (κ2) is 8.00. The lowest BCUT2D eigenvalue weighted by Crippen LogP contribution is -2.42. The highest BCUT2D eigenvalue weighted by molar-refractivity contribution is 8.13. The average molecular weight is 434 g/mol. The minimum atomic E-state index is -1.26. The van der Waals surface area contributed by atoms with E-state index in [2.05, 4.69) is 20.6 Å². The number of amidine groups is 1. The second-order valence-electron chi connectivity index (χ2n) is 6.80. The molecule has 1 aromatic heterocycles. The summed E-state index contributed by atoms with van der Waals surface area (Å²) in [6, 6.07) is 6.40. The standard InChI is InChI=1S/C19H16F2N4O4S/c20-11-1-4-15(22-6-11)16(26)23-12-2-3-14(21)13(5-12)19-9-29-7-10(19)8-30-17(25-19)24-18(27)28/h1-6,10H,7-9H2,(H,23,26)(H,24,25)(H,27,28)/t10-,19-/m0/s1. The number of rotatable bonds is 3. The molecule has 0 bridgehead atoms. The van der Waals surface area contributed by atoms with Crippen molar-refractivity contribution in [3.05, 3.63) is 59.4 Å². The van der Waals surface area contributed by atoms with Crippen LogP contribution >= 0.6 is 11.8 Å². The van der Waals surface area contributed by atoms with Crippen LogP contribution in [0.25, 0.3) is 0 Å². The molecule has 2 aliphatic rings. The monoisotopic (exact) mass is 434 g/mol. The van der Waals surface area contributed by atoms with Gasteiger partial charge in [0.05, 0.1) is 19.4 Å². The van der Waals surface area contributed by atoms with Gasteiger partial charge in [0.25, 0.3) is 5.91 Å². The third kappa shape index (κ3) is 3.85. The molecule has 2 aliphatic heterocycles. The lowest BCUT2D eigenvalue weighted by atomic mass is 9.81. The molecule has 30 heavy (non-hydrogen) atoms. The van der Waals surface area contributed by atoms with Crippen LogP contribution in [0.15, 0.2) is 41.5 Å². The number of anilines is 1. The van der Waals surface area contributed by atoms with Crippen LogP contribution < -0.4 is 10.6 Å². The Morgan fingerprint density at radius 2 is 2.07 bits per heavy atom. The number of benzene rings is 1. The Morgan fingerprint density at radius 1 is 1.23 bits per heavy atom. The maximum Gasteiger partial charge on any atom is 0.410 e. The molecule has 3 N–H and O–H groups in total. The fraction of sp³-hybridized carbons (Fsp3) is 0.263. The van der Waals surface area contributed by atoms with Crippen molar-refractivity contribution in [3.8, 4) is 0 Å². The first-order chi connectivity index (χ1) is 14.4. The van der Waals surface area contributed by atoms with Crippen molar-refractivity contribution in [2.24, 2.45) is 10.9 Å². The van der Waals surface area contributed by atoms with Crippen molar-refractivity contribution < 1.29 is 28.2 Å². The van der Waals surface area contributed by atoms with Crippen molar-refractivity contribution in [3.63, 3.8) is 0 Å². The van der Waals surface area contributed by atoms with E-state index < -0.39 is 29.2 Å². The Balaban J connectivity index is 1.67. The molecule has 1 fully saturated rings. The van der Waals surface area contributed by atoms with Gasteiger partial charge in [-0.1, -0.05) is 11.8 Å². The highest BCUT2D eigenvalue weighted by atomic mass is 32.2. The molecule has 0 radical (unpaired) electrons. The summed E-state index contributed by atoms with van der Waals surface area (Å²) in [4.78, 5) is 31.6. The number of thioether (sulfide) groups is 1. The smallest absolute Gasteiger partial charge is 0.410 e. The molecule has 8 nitrogen and oxygen atoms in total. The molecule has 0 saturated carbocycles. The molecule has 0 aliphatic carbocycles. The van der Waals surface area contributed by atoms with Crippen molar-refractivity contribution in [2.75, 3.05) is 24.3 Å². The van der Waals surface area contributed by atoms with Gasteiger partial charge in [0.1, 0.15) is 22.9 Å². The summed E-state index contributed by atoms with van der Waals surface area (Å²) < 4.78 is 33.4. The fourth-order valence-corrected chi connectivity index (χ4v) is 4.59. The Morgan fingerprint density at radius 3 is 2.80 bits per heavy atom. The van der Waals surface area contributed by atoms with Crippen molar-refractivity contribution in [1.29, 1.82) is 0 Å². The van der Waals surface area contributed by atoms with E-state index in [-0.39, 0.29) is 28.9 Å². The Labute approximate surface area is 173 Å². The maximum atomic E-state index is 14.8. The van der Waals surface area contributed by atoms with Crippen molar-refractivity contribution in [1.82, 2.24) is 10.3 Å². The van der Waals surface area contributed by atoms with Crippen molar-refractivity contribution in [2.45, 2.75) is 5.54 Å². The Bertz CT molecular complexity index is 1030. The predicted octanol–water partition coefficient (Wildman–Crippen LogP) is 2.82. The number of pyridine rings is 1. The summed E-state index contributed by atoms with van der Waals surface area (Å²) >= 11 is 1.23. The fourth-order valence-electron chi connectivity index (χ4n) is 3.47. The number of amides is 2. The van der Waals surface area contributed by atoms with Crippen LogP contribution in [0.3, 0.4) is 0 Å². The van der Waals surface area contributed by atoms with Crippen LogP contribution in [-0.4, -0.2) is 46.2 Å². The van der Waals surface area contributed by atoms with Gasteiger partial charge >= 0.3 is 6.09 Å². The number of ether oxygens (including phenoxy) is 1. The molecule has 3 heterocycles. The third-order valence-corrected chi connectivity index (χ3v) is 5.94. The minimum absolute atomic E-state index is 0.00236. The molecule has 1 aromatic carbocycles. The molecule has 0 unspecified atom stereocenters. The molecule has 4 rings (SSSR count). The van der Waals surface area contributed by atoms with E-state index in [0.717, 1.165) is 12.3 Å². The summed E-state index contributed by atoms with van der Waals surface area (Å²) in [5, 5.41) is 14.0. The van der Waals surface area contributed by atoms with Gasteiger partial charge in [0.15, 0.2) is 5.17 Å². The highest BCUT2D eigenvalue weighted by Crippen LogP contribution is 2.46. The Hall–Kier alpha value is -3.05. The number of halogens is 2. The van der Waals surface area contributed by atoms with Gasteiger partial charge in [-0.15, -0.1) is 0 Å². The van der Waals surface area contributed by atoms with E-state index in [9.17, 15) is 18.4 Å². The van der Waals surface area contributed by atoms with Gasteiger partial charge in [0.2, 0.25) is 0 Å².